The van der Waals surface area contributed by atoms with E-state index in [2.05, 4.69) is 67.6 Å². The lowest BCUT2D eigenvalue weighted by atomic mass is 10.1. The van der Waals surface area contributed by atoms with Crippen LogP contribution in [-0.2, 0) is 17.8 Å². The molecule has 1 aromatic heterocycles. The van der Waals surface area contributed by atoms with E-state index >= 15 is 0 Å². The number of fused-ring (bicyclic) bond motifs is 1. The zero-order valence-corrected chi connectivity index (χ0v) is 17.9. The molecule has 2 rings (SSSR count). The number of carbonyl (C=O) groups excluding carboxylic acids is 1. The molecule has 0 aromatic carbocycles. The fraction of sp³-hybridized carbons (Fsp3) is 0.722. The molecule has 0 saturated carbocycles. The molecule has 1 aliphatic heterocycles. The monoisotopic (exact) mass is 402 g/mol. The molecule has 132 valence electrons. The van der Waals surface area contributed by atoms with Gasteiger partial charge in [0.1, 0.15) is 0 Å². The van der Waals surface area contributed by atoms with Crippen molar-refractivity contribution in [3.8, 4) is 0 Å². The van der Waals surface area contributed by atoms with Gasteiger partial charge in [0.05, 0.1) is 0 Å². The van der Waals surface area contributed by atoms with E-state index in [0.717, 1.165) is 24.0 Å². The third-order valence-electron chi connectivity index (χ3n) is 5.15. The topological polar surface area (TPSA) is 25.2 Å². The molecule has 1 aromatic rings. The SMILES string of the molecule is CC(=O)N1CCc2c(c(Br)cn2S(C(C)C)(C(C)C)C(C)C)C1. The Balaban J connectivity index is 2.61. The zero-order chi connectivity index (χ0) is 17.5. The first-order chi connectivity index (χ1) is 10.6. The van der Waals surface area contributed by atoms with Gasteiger partial charge in [-0.3, -0.25) is 4.79 Å². The van der Waals surface area contributed by atoms with Crippen molar-refractivity contribution in [1.82, 2.24) is 8.87 Å². The minimum absolute atomic E-state index is 0.172. The van der Waals surface area contributed by atoms with E-state index in [1.54, 1.807) is 6.92 Å². The van der Waals surface area contributed by atoms with Gasteiger partial charge >= 0.3 is 0 Å². The third-order valence-corrected chi connectivity index (χ3v) is 11.4. The van der Waals surface area contributed by atoms with Crippen LogP contribution in [0.2, 0.25) is 0 Å². The summed E-state index contributed by atoms with van der Waals surface area (Å²) in [6, 6.07) is 0. The number of hydrogen-bond acceptors (Lipinski definition) is 1. The summed E-state index contributed by atoms with van der Waals surface area (Å²) in [4.78, 5) is 13.7. The molecule has 3 nitrogen and oxygen atoms in total. The standard InChI is InChI=1S/C18H31BrN2OS/c1-12(2)23(13(3)4,14(5)6)21-11-17(19)16-10-20(15(7)22)9-8-18(16)21/h11-14H,8-10H2,1-7H3. The highest BCUT2D eigenvalue weighted by molar-refractivity contribution is 9.10. The van der Waals surface area contributed by atoms with Crippen molar-refractivity contribution in [2.75, 3.05) is 6.54 Å². The van der Waals surface area contributed by atoms with Crippen LogP contribution in [-0.4, -0.2) is 37.1 Å². The van der Waals surface area contributed by atoms with Crippen LogP contribution in [0.3, 0.4) is 0 Å². The van der Waals surface area contributed by atoms with E-state index in [1.807, 2.05) is 4.90 Å². The summed E-state index contributed by atoms with van der Waals surface area (Å²) in [5, 5.41) is 1.87. The fourth-order valence-corrected chi connectivity index (χ4v) is 10.5. The van der Waals surface area contributed by atoms with Crippen molar-refractivity contribution in [2.24, 2.45) is 0 Å². The van der Waals surface area contributed by atoms with Gasteiger partial charge in [-0.05, 0) is 15.9 Å². The molecule has 1 amide bonds. The Morgan fingerprint density at radius 2 is 1.65 bits per heavy atom. The van der Waals surface area contributed by atoms with Crippen LogP contribution < -0.4 is 0 Å². The van der Waals surface area contributed by atoms with E-state index < -0.39 is 10.2 Å². The number of nitrogens with zero attached hydrogens (tertiary/aromatic N) is 2. The number of carbonyl (C=O) groups is 1. The quantitative estimate of drug-likeness (QED) is 0.699. The molecule has 0 aliphatic carbocycles. The average molecular weight is 403 g/mol. The van der Waals surface area contributed by atoms with Gasteiger partial charge in [0.2, 0.25) is 5.91 Å². The highest BCUT2D eigenvalue weighted by Gasteiger charge is 2.39. The van der Waals surface area contributed by atoms with E-state index in [4.69, 9.17) is 0 Å². The highest BCUT2D eigenvalue weighted by Crippen LogP contribution is 2.62. The summed E-state index contributed by atoms with van der Waals surface area (Å²) < 4.78 is 3.79. The second-order valence-electron chi connectivity index (χ2n) is 7.29. The molecule has 0 fully saturated rings. The second kappa shape index (κ2) is 6.83. The Bertz CT molecular complexity index is 570. The molecular formula is C18H31BrN2OS. The van der Waals surface area contributed by atoms with Crippen LogP contribution in [0.1, 0.15) is 59.7 Å². The molecule has 1 aliphatic rings. The molecule has 2 heterocycles. The Labute approximate surface area is 151 Å². The van der Waals surface area contributed by atoms with Crippen LogP contribution in [0.15, 0.2) is 10.7 Å². The lowest BCUT2D eigenvalue weighted by molar-refractivity contribution is -0.129. The summed E-state index contributed by atoms with van der Waals surface area (Å²) in [6.45, 7) is 17.5. The Morgan fingerprint density at radius 3 is 2.09 bits per heavy atom. The number of hydrogen-bond donors (Lipinski definition) is 0. The minimum Gasteiger partial charge on any atom is -0.338 e. The maximum Gasteiger partial charge on any atom is 0.219 e. The molecule has 0 radical (unpaired) electrons. The molecule has 5 heteroatoms. The lowest BCUT2D eigenvalue weighted by Crippen LogP contribution is -2.38. The van der Waals surface area contributed by atoms with Crippen molar-refractivity contribution in [3.05, 3.63) is 21.9 Å². The van der Waals surface area contributed by atoms with E-state index in [1.165, 1.54) is 11.3 Å². The van der Waals surface area contributed by atoms with Crippen molar-refractivity contribution in [1.29, 1.82) is 0 Å². The first-order valence-corrected chi connectivity index (χ1v) is 11.2. The van der Waals surface area contributed by atoms with Gasteiger partial charge in [0.15, 0.2) is 0 Å². The van der Waals surface area contributed by atoms with Crippen LogP contribution >= 0.6 is 26.1 Å². The molecule has 0 spiro atoms. The van der Waals surface area contributed by atoms with Crippen molar-refractivity contribution in [2.45, 2.75) is 77.2 Å². The van der Waals surface area contributed by atoms with Crippen molar-refractivity contribution < 1.29 is 4.79 Å². The molecular weight excluding hydrogens is 372 g/mol. The summed E-state index contributed by atoms with van der Waals surface area (Å²) in [6.07, 6.45) is 3.27. The van der Waals surface area contributed by atoms with E-state index in [9.17, 15) is 4.79 Å². The molecule has 0 atom stereocenters. The summed E-state index contributed by atoms with van der Waals surface area (Å²) >= 11 is 3.77. The van der Waals surface area contributed by atoms with E-state index in [-0.39, 0.29) is 5.91 Å². The van der Waals surface area contributed by atoms with Crippen molar-refractivity contribution >= 4 is 32.1 Å². The maximum atomic E-state index is 11.8. The number of rotatable bonds is 4. The van der Waals surface area contributed by atoms with Gasteiger partial charge in [-0.15, -0.1) is 0 Å². The van der Waals surface area contributed by atoms with Gasteiger partial charge in [0, 0.05) is 64.1 Å². The Morgan fingerprint density at radius 1 is 1.13 bits per heavy atom. The summed E-state index contributed by atoms with van der Waals surface area (Å²) in [5.74, 6) is 0.172. The number of halogens is 1. The summed E-state index contributed by atoms with van der Waals surface area (Å²) in [5.41, 5.74) is 2.76. The number of amides is 1. The smallest absolute Gasteiger partial charge is 0.219 e. The first-order valence-electron chi connectivity index (χ1n) is 8.58. The van der Waals surface area contributed by atoms with Gasteiger partial charge in [-0.2, -0.15) is 10.2 Å². The minimum atomic E-state index is -1.00. The normalized spacial score (nSPS) is 16.4. The summed E-state index contributed by atoms with van der Waals surface area (Å²) in [7, 11) is -1.00. The van der Waals surface area contributed by atoms with Crippen LogP contribution in [0.25, 0.3) is 0 Å². The lowest BCUT2D eigenvalue weighted by Gasteiger charge is -2.53. The highest BCUT2D eigenvalue weighted by atomic mass is 79.9. The van der Waals surface area contributed by atoms with Crippen molar-refractivity contribution in [3.63, 3.8) is 0 Å². The van der Waals surface area contributed by atoms with Gasteiger partial charge < -0.3 is 8.87 Å². The van der Waals surface area contributed by atoms with Gasteiger partial charge in [-0.25, -0.2) is 0 Å². The van der Waals surface area contributed by atoms with Crippen LogP contribution in [0.4, 0.5) is 0 Å². The second-order valence-corrected chi connectivity index (χ2v) is 12.8. The Kier molecular flexibility index (Phi) is 5.62. The van der Waals surface area contributed by atoms with E-state index in [0.29, 0.717) is 15.7 Å². The largest absolute Gasteiger partial charge is 0.338 e. The molecule has 0 saturated heterocycles. The third kappa shape index (κ3) is 2.99. The first kappa shape index (κ1) is 18.9. The fourth-order valence-electron chi connectivity index (χ4n) is 4.33. The van der Waals surface area contributed by atoms with Gasteiger partial charge in [0.25, 0.3) is 0 Å². The molecule has 0 N–H and O–H groups in total. The Hall–Kier alpha value is -0.420. The molecule has 0 unspecified atom stereocenters. The van der Waals surface area contributed by atoms with Gasteiger partial charge in [-0.1, -0.05) is 41.5 Å². The molecule has 23 heavy (non-hydrogen) atoms. The van der Waals surface area contributed by atoms with Crippen LogP contribution in [0, 0.1) is 0 Å². The average Bonchev–Trinajstić information content (AvgIpc) is 2.75. The zero-order valence-electron chi connectivity index (χ0n) is 15.5. The maximum absolute atomic E-state index is 11.8. The predicted molar refractivity (Wildman–Crippen MR) is 105 cm³/mol. The molecule has 0 bridgehead atoms. The van der Waals surface area contributed by atoms with Crippen LogP contribution in [0.5, 0.6) is 0 Å². The number of aromatic nitrogens is 1. The predicted octanol–water partition coefficient (Wildman–Crippen LogP) is 4.95.